The van der Waals surface area contributed by atoms with Crippen LogP contribution in [0.4, 0.5) is 0 Å². The molecule has 1 heterocycles. The number of carbonyl (C=O) groups is 1. The summed E-state index contributed by atoms with van der Waals surface area (Å²) in [5.74, 6) is 0.400. The lowest BCUT2D eigenvalue weighted by Gasteiger charge is -2.33. The van der Waals surface area contributed by atoms with Crippen molar-refractivity contribution in [1.29, 1.82) is 0 Å². The Morgan fingerprint density at radius 2 is 1.95 bits per heavy atom. The Morgan fingerprint density at radius 3 is 2.57 bits per heavy atom. The Labute approximate surface area is 130 Å². The Hall–Kier alpha value is -1.26. The van der Waals surface area contributed by atoms with Gasteiger partial charge in [-0.2, -0.15) is 0 Å². The van der Waals surface area contributed by atoms with Crippen molar-refractivity contribution in [2.45, 2.75) is 58.0 Å². The number of nitrogens with one attached hydrogen (secondary N) is 1. The molecule has 5 heteroatoms. The molecule has 0 aliphatic carbocycles. The molecule has 1 aromatic rings. The first-order chi connectivity index (χ1) is 9.95. The molecule has 21 heavy (non-hydrogen) atoms. The van der Waals surface area contributed by atoms with Gasteiger partial charge in [0, 0.05) is 6.04 Å². The molecule has 1 aromatic carbocycles. The van der Waals surface area contributed by atoms with Gasteiger partial charge in [0.2, 0.25) is 0 Å². The van der Waals surface area contributed by atoms with E-state index in [2.05, 4.69) is 5.32 Å². The van der Waals surface area contributed by atoms with Gasteiger partial charge in [0.15, 0.2) is 6.10 Å². The predicted octanol–water partition coefficient (Wildman–Crippen LogP) is 3.18. The summed E-state index contributed by atoms with van der Waals surface area (Å²) in [6.07, 6.45) is 1.40. The van der Waals surface area contributed by atoms with Crippen LogP contribution in [0.3, 0.4) is 0 Å². The Kier molecular flexibility index (Phi) is 5.48. The van der Waals surface area contributed by atoms with Gasteiger partial charge in [0.05, 0.1) is 17.2 Å². The van der Waals surface area contributed by atoms with Crippen LogP contribution >= 0.6 is 11.6 Å². The minimum absolute atomic E-state index is 0.124. The Balaban J connectivity index is 1.89. The van der Waals surface area contributed by atoms with Gasteiger partial charge >= 0.3 is 0 Å². The van der Waals surface area contributed by atoms with E-state index in [1.165, 1.54) is 0 Å². The fourth-order valence-corrected chi connectivity index (χ4v) is 2.81. The zero-order valence-electron chi connectivity index (χ0n) is 12.6. The topological polar surface area (TPSA) is 47.6 Å². The highest BCUT2D eigenvalue weighted by atomic mass is 35.5. The van der Waals surface area contributed by atoms with Crippen molar-refractivity contribution in [2.24, 2.45) is 0 Å². The van der Waals surface area contributed by atoms with Gasteiger partial charge in [-0.3, -0.25) is 4.79 Å². The average molecular weight is 312 g/mol. The third-order valence-electron chi connectivity index (χ3n) is 3.55. The molecule has 1 N–H and O–H groups in total. The second-order valence-electron chi connectivity index (χ2n) is 5.62. The third-order valence-corrected chi connectivity index (χ3v) is 3.87. The monoisotopic (exact) mass is 311 g/mol. The first kappa shape index (κ1) is 16.1. The number of hydrogen-bond acceptors (Lipinski definition) is 3. The summed E-state index contributed by atoms with van der Waals surface area (Å²) >= 11 is 6.03. The van der Waals surface area contributed by atoms with Crippen LogP contribution in [-0.2, 0) is 9.53 Å². The molecule has 0 spiro atoms. The summed E-state index contributed by atoms with van der Waals surface area (Å²) in [6, 6.07) is 7.28. The molecule has 1 fully saturated rings. The summed E-state index contributed by atoms with van der Waals surface area (Å²) in [6.45, 7) is 5.78. The molecule has 116 valence electrons. The van der Waals surface area contributed by atoms with Crippen LogP contribution in [0, 0.1) is 0 Å². The number of amides is 1. The van der Waals surface area contributed by atoms with E-state index >= 15 is 0 Å². The van der Waals surface area contributed by atoms with Gasteiger partial charge in [-0.25, -0.2) is 0 Å². The molecule has 0 aromatic heterocycles. The molecular weight excluding hydrogens is 290 g/mol. The standard InChI is InChI=1S/C16H22ClNO3/c1-10-8-13(9-11(2)20-10)18-16(19)12(3)21-15-7-5-4-6-14(15)17/h4-7,10-13H,8-9H2,1-3H3,(H,18,19)/t10-,11-,12-/m1/s1. The van der Waals surface area contributed by atoms with Crippen LogP contribution in [0.15, 0.2) is 24.3 Å². The molecule has 0 bridgehead atoms. The molecule has 4 nitrogen and oxygen atoms in total. The first-order valence-corrected chi connectivity index (χ1v) is 7.70. The highest BCUT2D eigenvalue weighted by Gasteiger charge is 2.27. The number of ether oxygens (including phenoxy) is 2. The number of hydrogen-bond donors (Lipinski definition) is 1. The molecule has 2 rings (SSSR count). The van der Waals surface area contributed by atoms with Crippen LogP contribution in [0.1, 0.15) is 33.6 Å². The largest absolute Gasteiger partial charge is 0.479 e. The highest BCUT2D eigenvalue weighted by Crippen LogP contribution is 2.24. The van der Waals surface area contributed by atoms with E-state index < -0.39 is 6.10 Å². The van der Waals surface area contributed by atoms with E-state index in [0.29, 0.717) is 10.8 Å². The van der Waals surface area contributed by atoms with Crippen molar-refractivity contribution >= 4 is 17.5 Å². The number of para-hydroxylation sites is 1. The fourth-order valence-electron chi connectivity index (χ4n) is 2.63. The van der Waals surface area contributed by atoms with Crippen molar-refractivity contribution in [3.05, 3.63) is 29.3 Å². The predicted molar refractivity (Wildman–Crippen MR) is 82.7 cm³/mol. The van der Waals surface area contributed by atoms with Gasteiger partial charge in [-0.05, 0) is 45.7 Å². The molecule has 0 unspecified atom stereocenters. The van der Waals surface area contributed by atoms with Crippen molar-refractivity contribution in [3.8, 4) is 5.75 Å². The average Bonchev–Trinajstić information content (AvgIpc) is 2.40. The first-order valence-electron chi connectivity index (χ1n) is 7.32. The number of rotatable bonds is 4. The minimum atomic E-state index is -0.585. The van der Waals surface area contributed by atoms with E-state index in [1.807, 2.05) is 26.0 Å². The SMILES string of the molecule is C[C@@H]1CC(NC(=O)[C@@H](C)Oc2ccccc2Cl)C[C@@H](C)O1. The van der Waals surface area contributed by atoms with Crippen molar-refractivity contribution in [1.82, 2.24) is 5.32 Å². The van der Waals surface area contributed by atoms with Crippen LogP contribution in [-0.4, -0.2) is 30.3 Å². The zero-order valence-corrected chi connectivity index (χ0v) is 13.4. The van der Waals surface area contributed by atoms with Crippen LogP contribution in [0.2, 0.25) is 5.02 Å². The summed E-state index contributed by atoms with van der Waals surface area (Å²) < 4.78 is 11.3. The van der Waals surface area contributed by atoms with Gasteiger partial charge in [-0.1, -0.05) is 23.7 Å². The molecular formula is C16H22ClNO3. The second kappa shape index (κ2) is 7.14. The van der Waals surface area contributed by atoms with Gasteiger partial charge in [0.25, 0.3) is 5.91 Å². The molecule has 1 amide bonds. The minimum Gasteiger partial charge on any atom is -0.479 e. The molecule has 1 aliphatic rings. The maximum Gasteiger partial charge on any atom is 0.260 e. The van der Waals surface area contributed by atoms with Crippen LogP contribution in [0.25, 0.3) is 0 Å². The smallest absolute Gasteiger partial charge is 0.260 e. The lowest BCUT2D eigenvalue weighted by Crippen LogP contribution is -2.47. The lowest BCUT2D eigenvalue weighted by atomic mass is 10.00. The molecule has 0 saturated carbocycles. The van der Waals surface area contributed by atoms with Gasteiger partial charge in [0.1, 0.15) is 5.75 Å². The molecule has 0 radical (unpaired) electrons. The summed E-state index contributed by atoms with van der Waals surface area (Å²) in [7, 11) is 0. The van der Waals surface area contributed by atoms with Gasteiger partial charge in [-0.15, -0.1) is 0 Å². The normalized spacial score (nSPS) is 27.0. The third kappa shape index (κ3) is 4.61. The van der Waals surface area contributed by atoms with E-state index in [4.69, 9.17) is 21.1 Å². The number of benzene rings is 1. The highest BCUT2D eigenvalue weighted by molar-refractivity contribution is 6.32. The van der Waals surface area contributed by atoms with Crippen molar-refractivity contribution in [3.63, 3.8) is 0 Å². The number of halogens is 1. The molecule has 3 atom stereocenters. The maximum absolute atomic E-state index is 12.2. The summed E-state index contributed by atoms with van der Waals surface area (Å²) in [4.78, 5) is 12.2. The van der Waals surface area contributed by atoms with Crippen LogP contribution in [0.5, 0.6) is 5.75 Å². The molecule has 1 saturated heterocycles. The number of carbonyl (C=O) groups excluding carboxylic acids is 1. The van der Waals surface area contributed by atoms with E-state index in [-0.39, 0.29) is 24.2 Å². The Morgan fingerprint density at radius 1 is 1.33 bits per heavy atom. The fraction of sp³-hybridized carbons (Fsp3) is 0.562. The quantitative estimate of drug-likeness (QED) is 0.929. The van der Waals surface area contributed by atoms with E-state index in [1.54, 1.807) is 19.1 Å². The van der Waals surface area contributed by atoms with Crippen molar-refractivity contribution < 1.29 is 14.3 Å². The summed E-state index contributed by atoms with van der Waals surface area (Å²) in [5, 5.41) is 3.54. The second-order valence-corrected chi connectivity index (χ2v) is 6.03. The zero-order chi connectivity index (χ0) is 15.4. The lowest BCUT2D eigenvalue weighted by molar-refractivity contribution is -0.129. The Bertz CT molecular complexity index is 484. The molecule has 1 aliphatic heterocycles. The summed E-state index contributed by atoms with van der Waals surface area (Å²) in [5.41, 5.74) is 0. The van der Waals surface area contributed by atoms with Crippen LogP contribution < -0.4 is 10.1 Å². The van der Waals surface area contributed by atoms with E-state index in [9.17, 15) is 4.79 Å². The van der Waals surface area contributed by atoms with E-state index in [0.717, 1.165) is 12.8 Å². The van der Waals surface area contributed by atoms with Gasteiger partial charge < -0.3 is 14.8 Å². The maximum atomic E-state index is 12.2. The van der Waals surface area contributed by atoms with Crippen molar-refractivity contribution in [2.75, 3.05) is 0 Å².